The third-order valence-corrected chi connectivity index (χ3v) is 3.03. The predicted octanol–water partition coefficient (Wildman–Crippen LogP) is 0.609. The first-order valence-electron chi connectivity index (χ1n) is 5.73. The molecule has 4 heteroatoms. The Kier molecular flexibility index (Phi) is 5.05. The third-order valence-electron chi connectivity index (χ3n) is 3.03. The smallest absolute Gasteiger partial charge is 0.323 e. The molecule has 0 saturated carbocycles. The molecule has 1 aliphatic rings. The first kappa shape index (κ1) is 12.5. The Hall–Kier alpha value is -0.610. The number of hydrogen-bond donors (Lipinski definition) is 1. The quantitative estimate of drug-likeness (QED) is 0.681. The van der Waals surface area contributed by atoms with Gasteiger partial charge in [-0.2, -0.15) is 0 Å². The number of carbonyl (C=O) groups is 1. The summed E-state index contributed by atoms with van der Waals surface area (Å²) in [6, 6.07) is -0.490. The molecule has 0 aromatic carbocycles. The lowest BCUT2D eigenvalue weighted by atomic mass is 10.0. The van der Waals surface area contributed by atoms with Gasteiger partial charge in [-0.15, -0.1) is 0 Å². The maximum atomic E-state index is 11.1. The SMILES string of the molecule is CCCC1CCN(CC(N)C(=O)OC)C1. The molecule has 0 aliphatic carbocycles. The molecule has 0 aromatic rings. The van der Waals surface area contributed by atoms with Crippen LogP contribution in [-0.2, 0) is 9.53 Å². The van der Waals surface area contributed by atoms with Gasteiger partial charge < -0.3 is 15.4 Å². The first-order valence-corrected chi connectivity index (χ1v) is 5.73. The van der Waals surface area contributed by atoms with E-state index in [0.29, 0.717) is 6.54 Å². The molecule has 1 fully saturated rings. The minimum Gasteiger partial charge on any atom is -0.468 e. The van der Waals surface area contributed by atoms with Gasteiger partial charge in [0.2, 0.25) is 0 Å². The zero-order chi connectivity index (χ0) is 11.3. The first-order chi connectivity index (χ1) is 7.17. The second kappa shape index (κ2) is 6.08. The highest BCUT2D eigenvalue weighted by molar-refractivity contribution is 5.75. The summed E-state index contributed by atoms with van der Waals surface area (Å²) < 4.78 is 4.61. The van der Waals surface area contributed by atoms with Crippen molar-refractivity contribution in [2.24, 2.45) is 11.7 Å². The molecule has 15 heavy (non-hydrogen) atoms. The molecule has 0 amide bonds. The van der Waals surface area contributed by atoms with E-state index in [-0.39, 0.29) is 5.97 Å². The van der Waals surface area contributed by atoms with E-state index in [1.807, 2.05) is 0 Å². The Morgan fingerprint density at radius 3 is 3.00 bits per heavy atom. The number of nitrogens with zero attached hydrogens (tertiary/aromatic N) is 1. The van der Waals surface area contributed by atoms with Crippen molar-refractivity contribution in [1.29, 1.82) is 0 Å². The molecule has 2 unspecified atom stereocenters. The summed E-state index contributed by atoms with van der Waals surface area (Å²) in [5.41, 5.74) is 5.71. The van der Waals surface area contributed by atoms with E-state index in [2.05, 4.69) is 16.6 Å². The average Bonchev–Trinajstić information content (AvgIpc) is 2.65. The zero-order valence-corrected chi connectivity index (χ0v) is 9.74. The maximum absolute atomic E-state index is 11.1. The number of likely N-dealkylation sites (tertiary alicyclic amines) is 1. The number of rotatable bonds is 5. The standard InChI is InChI=1S/C11H22N2O2/c1-3-4-9-5-6-13(7-9)8-10(12)11(14)15-2/h9-10H,3-8,12H2,1-2H3. The molecular formula is C11H22N2O2. The van der Waals surface area contributed by atoms with Gasteiger partial charge in [-0.05, 0) is 25.3 Å². The zero-order valence-electron chi connectivity index (χ0n) is 9.74. The van der Waals surface area contributed by atoms with Crippen LogP contribution in [0.25, 0.3) is 0 Å². The fourth-order valence-electron chi connectivity index (χ4n) is 2.23. The molecule has 1 aliphatic heterocycles. The molecule has 1 saturated heterocycles. The number of hydrogen-bond acceptors (Lipinski definition) is 4. The van der Waals surface area contributed by atoms with E-state index in [1.54, 1.807) is 0 Å². The monoisotopic (exact) mass is 214 g/mol. The van der Waals surface area contributed by atoms with Gasteiger partial charge in [-0.3, -0.25) is 4.79 Å². The molecule has 0 spiro atoms. The Morgan fingerprint density at radius 1 is 1.67 bits per heavy atom. The van der Waals surface area contributed by atoms with Crippen LogP contribution in [0.3, 0.4) is 0 Å². The summed E-state index contributed by atoms with van der Waals surface area (Å²) in [7, 11) is 1.38. The summed E-state index contributed by atoms with van der Waals surface area (Å²) in [5, 5.41) is 0. The predicted molar refractivity (Wildman–Crippen MR) is 59.4 cm³/mol. The van der Waals surface area contributed by atoms with Crippen LogP contribution in [-0.4, -0.2) is 43.7 Å². The van der Waals surface area contributed by atoms with Crippen LogP contribution in [0.2, 0.25) is 0 Å². The molecule has 0 bridgehead atoms. The third kappa shape index (κ3) is 3.80. The molecule has 0 radical (unpaired) electrons. The largest absolute Gasteiger partial charge is 0.468 e. The van der Waals surface area contributed by atoms with E-state index in [0.717, 1.165) is 19.0 Å². The van der Waals surface area contributed by atoms with Crippen LogP contribution in [0.4, 0.5) is 0 Å². The van der Waals surface area contributed by atoms with Gasteiger partial charge in [0.25, 0.3) is 0 Å². The summed E-state index contributed by atoms with van der Waals surface area (Å²) in [4.78, 5) is 13.4. The van der Waals surface area contributed by atoms with Crippen molar-refractivity contribution in [3.05, 3.63) is 0 Å². The van der Waals surface area contributed by atoms with Gasteiger partial charge >= 0.3 is 5.97 Å². The molecule has 88 valence electrons. The highest BCUT2D eigenvalue weighted by Gasteiger charge is 2.25. The van der Waals surface area contributed by atoms with E-state index in [1.165, 1.54) is 26.4 Å². The minimum absolute atomic E-state index is 0.311. The van der Waals surface area contributed by atoms with Crippen molar-refractivity contribution in [3.8, 4) is 0 Å². The van der Waals surface area contributed by atoms with Crippen LogP contribution in [0.5, 0.6) is 0 Å². The molecule has 1 rings (SSSR count). The van der Waals surface area contributed by atoms with Gasteiger partial charge in [0, 0.05) is 13.1 Å². The van der Waals surface area contributed by atoms with E-state index < -0.39 is 6.04 Å². The van der Waals surface area contributed by atoms with Gasteiger partial charge in [0.15, 0.2) is 0 Å². The van der Waals surface area contributed by atoms with Crippen molar-refractivity contribution in [2.45, 2.75) is 32.2 Å². The molecule has 1 heterocycles. The Morgan fingerprint density at radius 2 is 2.40 bits per heavy atom. The van der Waals surface area contributed by atoms with Crippen molar-refractivity contribution >= 4 is 5.97 Å². The number of esters is 1. The Bertz CT molecular complexity index is 209. The molecule has 2 N–H and O–H groups in total. The topological polar surface area (TPSA) is 55.6 Å². The summed E-state index contributed by atoms with van der Waals surface area (Å²) in [5.74, 6) is 0.480. The fraction of sp³-hybridized carbons (Fsp3) is 0.909. The van der Waals surface area contributed by atoms with Crippen molar-refractivity contribution in [2.75, 3.05) is 26.7 Å². The fourth-order valence-corrected chi connectivity index (χ4v) is 2.23. The molecule has 2 atom stereocenters. The van der Waals surface area contributed by atoms with Crippen LogP contribution in [0.15, 0.2) is 0 Å². The highest BCUT2D eigenvalue weighted by Crippen LogP contribution is 2.20. The molecule has 0 aromatic heterocycles. The lowest BCUT2D eigenvalue weighted by Crippen LogP contribution is -2.42. The normalized spacial score (nSPS) is 24.1. The van der Waals surface area contributed by atoms with E-state index in [4.69, 9.17) is 5.73 Å². The van der Waals surface area contributed by atoms with E-state index in [9.17, 15) is 4.79 Å². The summed E-state index contributed by atoms with van der Waals surface area (Å²) in [6.07, 6.45) is 3.76. The van der Waals surface area contributed by atoms with Crippen LogP contribution < -0.4 is 5.73 Å². The number of nitrogens with two attached hydrogens (primary N) is 1. The van der Waals surface area contributed by atoms with Crippen LogP contribution in [0.1, 0.15) is 26.2 Å². The average molecular weight is 214 g/mol. The maximum Gasteiger partial charge on any atom is 0.323 e. The number of methoxy groups -OCH3 is 1. The van der Waals surface area contributed by atoms with Gasteiger partial charge in [-0.25, -0.2) is 0 Å². The second-order valence-electron chi connectivity index (χ2n) is 4.33. The lowest BCUT2D eigenvalue weighted by molar-refractivity contribution is -0.142. The summed E-state index contributed by atoms with van der Waals surface area (Å²) >= 11 is 0. The number of carbonyl (C=O) groups excluding carboxylic acids is 1. The summed E-state index contributed by atoms with van der Waals surface area (Å²) in [6.45, 7) is 4.99. The molecule has 4 nitrogen and oxygen atoms in total. The van der Waals surface area contributed by atoms with Crippen LogP contribution in [0, 0.1) is 5.92 Å². The van der Waals surface area contributed by atoms with Crippen molar-refractivity contribution in [3.63, 3.8) is 0 Å². The number of ether oxygens (including phenoxy) is 1. The van der Waals surface area contributed by atoms with Crippen molar-refractivity contribution in [1.82, 2.24) is 4.90 Å². The minimum atomic E-state index is -0.490. The highest BCUT2D eigenvalue weighted by atomic mass is 16.5. The second-order valence-corrected chi connectivity index (χ2v) is 4.33. The van der Waals surface area contributed by atoms with Crippen LogP contribution >= 0.6 is 0 Å². The van der Waals surface area contributed by atoms with Gasteiger partial charge in [0.05, 0.1) is 7.11 Å². The molecular weight excluding hydrogens is 192 g/mol. The Balaban J connectivity index is 2.26. The van der Waals surface area contributed by atoms with E-state index >= 15 is 0 Å². The van der Waals surface area contributed by atoms with Gasteiger partial charge in [0.1, 0.15) is 6.04 Å². The lowest BCUT2D eigenvalue weighted by Gasteiger charge is -2.19. The van der Waals surface area contributed by atoms with Crippen molar-refractivity contribution < 1.29 is 9.53 Å². The van der Waals surface area contributed by atoms with Gasteiger partial charge in [-0.1, -0.05) is 13.3 Å². The Labute approximate surface area is 91.8 Å².